The van der Waals surface area contributed by atoms with Gasteiger partial charge in [-0.15, -0.1) is 0 Å². The first-order chi connectivity index (χ1) is 25.4. The van der Waals surface area contributed by atoms with E-state index in [4.69, 9.17) is 0 Å². The summed E-state index contributed by atoms with van der Waals surface area (Å²) in [5.74, 6) is 3.72. The quantitative estimate of drug-likeness (QED) is 0.206. The number of allylic oxidation sites excluding steroid dienone is 5. The minimum absolute atomic E-state index is 0.164. The molecule has 0 N–H and O–H groups in total. The van der Waals surface area contributed by atoms with E-state index in [1.165, 1.54) is 103 Å². The molecule has 3 heteroatoms. The summed E-state index contributed by atoms with van der Waals surface area (Å²) < 4.78 is 0. The summed E-state index contributed by atoms with van der Waals surface area (Å²) >= 11 is 0. The molecule has 0 aromatic rings. The Kier molecular flexibility index (Phi) is 9.18. The van der Waals surface area contributed by atoms with Gasteiger partial charge < -0.3 is 4.90 Å². The Hall–Kier alpha value is -1.48. The van der Waals surface area contributed by atoms with E-state index < -0.39 is 0 Å². The lowest BCUT2D eigenvalue weighted by molar-refractivity contribution is -0.00740. The van der Waals surface area contributed by atoms with Crippen molar-refractivity contribution in [1.29, 1.82) is 0 Å². The fraction of sp³-hybridized carbons (Fsp3) is 0.804. The molecule has 3 aliphatic heterocycles. The Balaban J connectivity index is 1.27. The number of hydrogen-bond acceptors (Lipinski definition) is 2. The molecule has 2 saturated heterocycles. The number of rotatable bonds is 2. The van der Waals surface area contributed by atoms with Gasteiger partial charge in [0, 0.05) is 40.8 Å². The van der Waals surface area contributed by atoms with Crippen molar-refractivity contribution in [3.05, 3.63) is 58.3 Å². The van der Waals surface area contributed by atoms with Crippen LogP contribution in [0.2, 0.25) is 11.6 Å². The van der Waals surface area contributed by atoms with Crippen molar-refractivity contribution in [3.63, 3.8) is 0 Å². The predicted molar refractivity (Wildman–Crippen MR) is 232 cm³/mol. The summed E-state index contributed by atoms with van der Waals surface area (Å²) in [5, 5.41) is 0. The molecular weight excluding hydrogens is 651 g/mol. The van der Waals surface area contributed by atoms with Crippen LogP contribution in [-0.2, 0) is 0 Å². The molecule has 54 heavy (non-hydrogen) atoms. The van der Waals surface area contributed by atoms with E-state index in [1.807, 2.05) is 16.7 Å². The molecule has 0 aromatic heterocycles. The average Bonchev–Trinajstić information content (AvgIpc) is 3.31. The zero-order valence-electron chi connectivity index (χ0n) is 36.9. The highest BCUT2D eigenvalue weighted by Gasteiger charge is 2.70. The van der Waals surface area contributed by atoms with Crippen LogP contribution in [0.5, 0.6) is 0 Å². The molecule has 296 valence electrons. The standard InChI is InChI=1S/C51H79BN2/c1-47(2,3)35-20-23-38(24-21-35)53-42-25-22-36(48(4,5)6)31-40(42)52-41-32-37(49(7,8)9)30-39-46(41)54(50(10,11)51(39)26-16-13-17-27-51)44-29-34(28-43(53)45(44)52)33-18-14-12-15-19-33/h20,22-23,30,32-35,38,40-42,44,46H,12-19,21,24-29,31H2,1-11H3. The van der Waals surface area contributed by atoms with Crippen LogP contribution >= 0.6 is 0 Å². The molecular formula is C51H79BN2. The van der Waals surface area contributed by atoms with Crippen LogP contribution in [0.1, 0.15) is 179 Å². The number of hydrogen-bond donors (Lipinski definition) is 0. The van der Waals surface area contributed by atoms with E-state index in [2.05, 4.69) is 116 Å². The maximum absolute atomic E-state index is 3.31. The molecule has 3 heterocycles. The Morgan fingerprint density at radius 3 is 2.09 bits per heavy atom. The van der Waals surface area contributed by atoms with E-state index >= 15 is 0 Å². The maximum atomic E-state index is 3.31. The van der Waals surface area contributed by atoms with Crippen molar-refractivity contribution in [1.82, 2.24) is 9.80 Å². The van der Waals surface area contributed by atoms with Crippen LogP contribution in [0.25, 0.3) is 0 Å². The minimum atomic E-state index is 0.164. The number of fused-ring (bicyclic) bond motifs is 5. The van der Waals surface area contributed by atoms with E-state index in [-0.39, 0.29) is 16.4 Å². The van der Waals surface area contributed by atoms with E-state index in [0.29, 0.717) is 59.3 Å². The molecule has 2 nitrogen and oxygen atoms in total. The Morgan fingerprint density at radius 1 is 0.759 bits per heavy atom. The Bertz CT molecular complexity index is 1630. The summed E-state index contributed by atoms with van der Waals surface area (Å²) in [7, 11) is 0. The van der Waals surface area contributed by atoms with Crippen LogP contribution in [0, 0.1) is 39.4 Å². The van der Waals surface area contributed by atoms with Gasteiger partial charge in [0.05, 0.1) is 0 Å². The normalized spacial score (nSPS) is 38.1. The van der Waals surface area contributed by atoms with Gasteiger partial charge in [-0.25, -0.2) is 0 Å². The Labute approximate surface area is 333 Å². The van der Waals surface area contributed by atoms with Gasteiger partial charge in [0.25, 0.3) is 0 Å². The van der Waals surface area contributed by atoms with Crippen LogP contribution in [0.4, 0.5) is 0 Å². The third-order valence-corrected chi connectivity index (χ3v) is 18.2. The van der Waals surface area contributed by atoms with Gasteiger partial charge in [-0.2, -0.15) is 0 Å². The second-order valence-electron chi connectivity index (χ2n) is 24.2. The molecule has 9 rings (SSSR count). The first kappa shape index (κ1) is 38.1. The van der Waals surface area contributed by atoms with Crippen molar-refractivity contribution in [2.24, 2.45) is 39.4 Å². The lowest BCUT2D eigenvalue weighted by Crippen LogP contribution is -2.68. The Morgan fingerprint density at radius 2 is 1.46 bits per heavy atom. The molecule has 4 fully saturated rings. The first-order valence-corrected chi connectivity index (χ1v) is 23.5. The molecule has 0 amide bonds. The highest BCUT2D eigenvalue weighted by molar-refractivity contribution is 6.72. The summed E-state index contributed by atoms with van der Waals surface area (Å²) in [6.45, 7) is 28.7. The van der Waals surface area contributed by atoms with Gasteiger partial charge in [-0.05, 0) is 122 Å². The molecule has 0 radical (unpaired) electrons. The fourth-order valence-electron chi connectivity index (χ4n) is 15.2. The van der Waals surface area contributed by atoms with Crippen molar-refractivity contribution in [3.8, 4) is 0 Å². The van der Waals surface area contributed by atoms with Crippen molar-refractivity contribution < 1.29 is 0 Å². The SMILES string of the molecule is CC(C)(C)C1=CC2B3C4=C(CC(C5CCCCC5)CC4N4C2C(=C1)C1(CCCCC1)C4(C)C)N(C1C=CC(C(C)(C)C)CC1)C1CC=C(C(C)(C)C)CC31. The summed E-state index contributed by atoms with van der Waals surface area (Å²) in [6.07, 6.45) is 36.3. The zero-order chi connectivity index (χ0) is 38.2. The molecule has 0 bridgehead atoms. The number of nitrogens with zero attached hydrogens (tertiary/aromatic N) is 2. The summed E-state index contributed by atoms with van der Waals surface area (Å²) in [4.78, 5) is 6.51. The van der Waals surface area contributed by atoms with Gasteiger partial charge in [0.1, 0.15) is 0 Å². The fourth-order valence-corrected chi connectivity index (χ4v) is 15.2. The minimum Gasteiger partial charge on any atom is -0.366 e. The molecule has 1 spiro atoms. The highest BCUT2D eigenvalue weighted by Crippen LogP contribution is 2.70. The molecule has 2 saturated carbocycles. The summed E-state index contributed by atoms with van der Waals surface area (Å²) in [5.41, 5.74) is 10.4. The van der Waals surface area contributed by atoms with Gasteiger partial charge in [-0.1, -0.05) is 155 Å². The van der Waals surface area contributed by atoms with E-state index in [9.17, 15) is 0 Å². The van der Waals surface area contributed by atoms with Crippen LogP contribution in [0.15, 0.2) is 58.3 Å². The second-order valence-corrected chi connectivity index (χ2v) is 24.2. The van der Waals surface area contributed by atoms with E-state index in [1.54, 1.807) is 11.1 Å². The van der Waals surface area contributed by atoms with Crippen molar-refractivity contribution in [2.75, 3.05) is 0 Å². The van der Waals surface area contributed by atoms with Crippen LogP contribution in [-0.4, -0.2) is 46.2 Å². The molecule has 8 unspecified atom stereocenters. The average molecular weight is 731 g/mol. The highest BCUT2D eigenvalue weighted by atomic mass is 15.3. The van der Waals surface area contributed by atoms with Crippen molar-refractivity contribution >= 4 is 6.71 Å². The molecule has 6 aliphatic carbocycles. The van der Waals surface area contributed by atoms with E-state index in [0.717, 1.165) is 11.8 Å². The van der Waals surface area contributed by atoms with Crippen molar-refractivity contribution in [2.45, 2.75) is 220 Å². The second kappa shape index (κ2) is 13.0. The predicted octanol–water partition coefficient (Wildman–Crippen LogP) is 13.5. The lowest BCUT2D eigenvalue weighted by atomic mass is 9.22. The third kappa shape index (κ3) is 5.77. The monoisotopic (exact) mass is 731 g/mol. The zero-order valence-corrected chi connectivity index (χ0v) is 36.9. The van der Waals surface area contributed by atoms with Gasteiger partial charge >= 0.3 is 0 Å². The molecule has 8 atom stereocenters. The first-order valence-electron chi connectivity index (χ1n) is 23.5. The topological polar surface area (TPSA) is 6.48 Å². The molecule has 0 aromatic carbocycles. The van der Waals surface area contributed by atoms with Crippen LogP contribution < -0.4 is 0 Å². The lowest BCUT2D eigenvalue weighted by Gasteiger charge is -2.64. The summed E-state index contributed by atoms with van der Waals surface area (Å²) in [6, 6.07) is 2.34. The van der Waals surface area contributed by atoms with Gasteiger partial charge in [0.15, 0.2) is 6.71 Å². The van der Waals surface area contributed by atoms with Gasteiger partial charge in [-0.3, -0.25) is 4.90 Å². The molecule has 9 aliphatic rings. The smallest absolute Gasteiger partial charge is 0.189 e. The van der Waals surface area contributed by atoms with Crippen LogP contribution in [0.3, 0.4) is 0 Å². The maximum Gasteiger partial charge on any atom is 0.189 e. The van der Waals surface area contributed by atoms with Gasteiger partial charge in [0.2, 0.25) is 0 Å². The largest absolute Gasteiger partial charge is 0.366 e. The third-order valence-electron chi connectivity index (χ3n) is 18.2.